The van der Waals surface area contributed by atoms with Crippen molar-refractivity contribution in [2.75, 3.05) is 11.1 Å². The van der Waals surface area contributed by atoms with Gasteiger partial charge in [-0.2, -0.15) is 0 Å². The molecule has 0 aliphatic carbocycles. The standard InChI is InChI=1S/C23H20N2O3S.Na/c24-20-7-1-16(2-8-20)13-17-3-9-21(10-4-17)25-22-11-5-19-15-23(29(26,27)28)12-6-18(19)14-22;/h1-12,14-15,25H,13,24H2,(H,26,27,28);/q;+1/p-1. The van der Waals surface area contributed by atoms with Gasteiger partial charge in [0.05, 0.1) is 4.90 Å². The number of fused-ring (bicyclic) bond motifs is 1. The van der Waals surface area contributed by atoms with Crippen LogP contribution in [0.1, 0.15) is 11.1 Å². The van der Waals surface area contributed by atoms with Crippen LogP contribution in [0.5, 0.6) is 0 Å². The van der Waals surface area contributed by atoms with E-state index in [9.17, 15) is 13.0 Å². The maximum Gasteiger partial charge on any atom is 1.00 e. The van der Waals surface area contributed by atoms with Gasteiger partial charge in [0.15, 0.2) is 0 Å². The van der Waals surface area contributed by atoms with E-state index in [-0.39, 0.29) is 34.5 Å². The summed E-state index contributed by atoms with van der Waals surface area (Å²) in [7, 11) is -4.45. The van der Waals surface area contributed by atoms with Gasteiger partial charge in [-0.15, -0.1) is 0 Å². The summed E-state index contributed by atoms with van der Waals surface area (Å²) in [5.41, 5.74) is 10.7. The Morgan fingerprint density at radius 3 is 1.90 bits per heavy atom. The number of anilines is 3. The molecule has 0 unspecified atom stereocenters. The Bertz CT molecular complexity index is 1270. The quantitative estimate of drug-likeness (QED) is 0.288. The molecule has 0 atom stereocenters. The zero-order valence-corrected chi connectivity index (χ0v) is 19.3. The molecule has 7 heteroatoms. The minimum atomic E-state index is -4.45. The van der Waals surface area contributed by atoms with Crippen LogP contribution in [0.15, 0.2) is 89.8 Å². The van der Waals surface area contributed by atoms with E-state index in [1.807, 2.05) is 48.5 Å². The maximum absolute atomic E-state index is 11.2. The monoisotopic (exact) mass is 426 g/mol. The van der Waals surface area contributed by atoms with E-state index in [2.05, 4.69) is 17.4 Å². The Labute approximate surface area is 198 Å². The molecule has 0 bridgehead atoms. The first kappa shape index (κ1) is 22.3. The van der Waals surface area contributed by atoms with Crippen LogP contribution in [-0.4, -0.2) is 13.0 Å². The molecule has 146 valence electrons. The molecule has 0 aliphatic heterocycles. The summed E-state index contributed by atoms with van der Waals surface area (Å²) in [5, 5.41) is 4.89. The molecule has 4 aromatic carbocycles. The van der Waals surface area contributed by atoms with Gasteiger partial charge in [0.2, 0.25) is 0 Å². The van der Waals surface area contributed by atoms with Gasteiger partial charge in [-0.1, -0.05) is 36.4 Å². The maximum atomic E-state index is 11.2. The molecule has 30 heavy (non-hydrogen) atoms. The van der Waals surface area contributed by atoms with E-state index in [4.69, 9.17) is 5.73 Å². The summed E-state index contributed by atoms with van der Waals surface area (Å²) in [6.45, 7) is 0. The van der Waals surface area contributed by atoms with E-state index < -0.39 is 10.1 Å². The summed E-state index contributed by atoms with van der Waals surface area (Å²) in [6, 6.07) is 26.0. The molecule has 3 N–H and O–H groups in total. The summed E-state index contributed by atoms with van der Waals surface area (Å²) in [6.07, 6.45) is 0.835. The topological polar surface area (TPSA) is 95.2 Å². The molecule has 0 aliphatic rings. The van der Waals surface area contributed by atoms with Gasteiger partial charge in [-0.25, -0.2) is 8.42 Å². The molecular weight excluding hydrogens is 407 g/mol. The molecule has 0 amide bonds. The Kier molecular flexibility index (Phi) is 6.85. The smallest absolute Gasteiger partial charge is 0.744 e. The molecule has 0 spiro atoms. The molecular formula is C23H19N2NaO3S. The first-order valence-corrected chi connectivity index (χ1v) is 10.5. The number of nitrogens with one attached hydrogen (secondary N) is 1. The average molecular weight is 426 g/mol. The zero-order valence-electron chi connectivity index (χ0n) is 16.5. The number of hydrogen-bond acceptors (Lipinski definition) is 5. The number of benzene rings is 4. The first-order chi connectivity index (χ1) is 13.9. The third kappa shape index (κ3) is 5.41. The predicted molar refractivity (Wildman–Crippen MR) is 115 cm³/mol. The van der Waals surface area contributed by atoms with Crippen molar-refractivity contribution in [2.45, 2.75) is 11.3 Å². The van der Waals surface area contributed by atoms with Gasteiger partial charge in [0.1, 0.15) is 10.1 Å². The second-order valence-electron chi connectivity index (χ2n) is 6.92. The number of nitrogen functional groups attached to an aromatic ring is 1. The summed E-state index contributed by atoms with van der Waals surface area (Å²) in [5.74, 6) is 0. The van der Waals surface area contributed by atoms with Gasteiger partial charge in [0.25, 0.3) is 0 Å². The van der Waals surface area contributed by atoms with Crippen molar-refractivity contribution in [1.82, 2.24) is 0 Å². The molecule has 0 fully saturated rings. The van der Waals surface area contributed by atoms with Crippen LogP contribution in [0, 0.1) is 0 Å². The number of hydrogen-bond donors (Lipinski definition) is 2. The number of rotatable bonds is 5. The predicted octanol–water partition coefficient (Wildman–Crippen LogP) is 1.66. The van der Waals surface area contributed by atoms with E-state index in [1.54, 1.807) is 12.1 Å². The second-order valence-corrected chi connectivity index (χ2v) is 8.30. The first-order valence-electron chi connectivity index (χ1n) is 9.07. The third-order valence-corrected chi connectivity index (χ3v) is 5.56. The molecule has 5 nitrogen and oxygen atoms in total. The van der Waals surface area contributed by atoms with Crippen LogP contribution in [-0.2, 0) is 16.5 Å². The minimum Gasteiger partial charge on any atom is -0.744 e. The van der Waals surface area contributed by atoms with Crippen LogP contribution >= 0.6 is 0 Å². The van der Waals surface area contributed by atoms with Gasteiger partial charge in [0, 0.05) is 17.1 Å². The van der Waals surface area contributed by atoms with Crippen LogP contribution < -0.4 is 40.6 Å². The van der Waals surface area contributed by atoms with E-state index in [0.29, 0.717) is 5.39 Å². The molecule has 4 aromatic rings. The molecule has 0 saturated heterocycles. The van der Waals surface area contributed by atoms with Crippen molar-refractivity contribution in [3.8, 4) is 0 Å². The Balaban J connectivity index is 0.00000256. The van der Waals surface area contributed by atoms with Gasteiger partial charge in [-0.05, 0) is 76.9 Å². The molecule has 0 aromatic heterocycles. The van der Waals surface area contributed by atoms with Crippen LogP contribution in [0.4, 0.5) is 17.1 Å². The van der Waals surface area contributed by atoms with Crippen molar-refractivity contribution in [2.24, 2.45) is 0 Å². The summed E-state index contributed by atoms with van der Waals surface area (Å²) < 4.78 is 33.5. The summed E-state index contributed by atoms with van der Waals surface area (Å²) in [4.78, 5) is -0.220. The van der Waals surface area contributed by atoms with Crippen LogP contribution in [0.25, 0.3) is 10.8 Å². The largest absolute Gasteiger partial charge is 1.00 e. The molecule has 0 heterocycles. The molecule has 0 saturated carbocycles. The van der Waals surface area contributed by atoms with Crippen LogP contribution in [0.3, 0.4) is 0 Å². The van der Waals surface area contributed by atoms with Crippen molar-refractivity contribution in [3.63, 3.8) is 0 Å². The second kappa shape index (κ2) is 9.20. The van der Waals surface area contributed by atoms with Gasteiger partial charge < -0.3 is 15.6 Å². The molecule has 4 rings (SSSR count). The van der Waals surface area contributed by atoms with E-state index in [0.717, 1.165) is 28.9 Å². The SMILES string of the molecule is Nc1ccc(Cc2ccc(Nc3ccc4cc(S(=O)(=O)[O-])ccc4c3)cc2)cc1.[Na+]. The average Bonchev–Trinajstić information content (AvgIpc) is 2.70. The van der Waals surface area contributed by atoms with Crippen LogP contribution in [0.2, 0.25) is 0 Å². The third-order valence-electron chi connectivity index (χ3n) is 4.73. The van der Waals surface area contributed by atoms with E-state index >= 15 is 0 Å². The fourth-order valence-corrected chi connectivity index (χ4v) is 3.71. The van der Waals surface area contributed by atoms with Gasteiger partial charge in [-0.3, -0.25) is 0 Å². The zero-order chi connectivity index (χ0) is 20.4. The van der Waals surface area contributed by atoms with Crippen molar-refractivity contribution in [1.29, 1.82) is 0 Å². The minimum absolute atomic E-state index is 0. The normalized spacial score (nSPS) is 11.1. The Hall–Kier alpha value is -2.35. The Morgan fingerprint density at radius 2 is 1.27 bits per heavy atom. The van der Waals surface area contributed by atoms with Crippen molar-refractivity contribution < 1.29 is 42.5 Å². The number of nitrogens with two attached hydrogens (primary N) is 1. The van der Waals surface area contributed by atoms with Crippen molar-refractivity contribution in [3.05, 3.63) is 96.1 Å². The van der Waals surface area contributed by atoms with E-state index in [1.165, 1.54) is 23.3 Å². The summed E-state index contributed by atoms with van der Waals surface area (Å²) >= 11 is 0. The van der Waals surface area contributed by atoms with Crippen molar-refractivity contribution >= 4 is 38.0 Å². The van der Waals surface area contributed by atoms with Gasteiger partial charge >= 0.3 is 29.6 Å². The Morgan fingerprint density at radius 1 is 0.733 bits per heavy atom. The molecule has 0 radical (unpaired) electrons. The fourth-order valence-electron chi connectivity index (χ4n) is 3.20. The fraction of sp³-hybridized carbons (Fsp3) is 0.0435.